The van der Waals surface area contributed by atoms with Crippen molar-refractivity contribution in [3.63, 3.8) is 0 Å². The van der Waals surface area contributed by atoms with E-state index >= 15 is 0 Å². The van der Waals surface area contributed by atoms with E-state index < -0.39 is 11.7 Å². The number of nitrogens with zero attached hydrogens (tertiary/aromatic N) is 4. The number of aromatic nitrogens is 4. The van der Waals surface area contributed by atoms with Crippen LogP contribution in [-0.2, 0) is 6.18 Å². The summed E-state index contributed by atoms with van der Waals surface area (Å²) in [4.78, 5) is 7.35. The number of hydrogen-bond acceptors (Lipinski definition) is 4. The molecule has 0 aliphatic carbocycles. The Hall–Kier alpha value is -2.90. The molecule has 1 aromatic carbocycles. The van der Waals surface area contributed by atoms with Gasteiger partial charge >= 0.3 is 6.18 Å². The zero-order valence-electron chi connectivity index (χ0n) is 11.1. The molecule has 0 bridgehead atoms. The van der Waals surface area contributed by atoms with Crippen molar-refractivity contribution < 1.29 is 13.2 Å². The standard InChI is InChI=1S/C14H10F3N5/c15-14(16,17)10-7-19-13(20-8-10)22-12(18)6-11(21-22)9-4-2-1-3-5-9/h1-8H,18H2. The van der Waals surface area contributed by atoms with Gasteiger partial charge in [-0.05, 0) is 0 Å². The van der Waals surface area contributed by atoms with E-state index in [1.807, 2.05) is 30.3 Å². The Balaban J connectivity index is 1.98. The second-order valence-electron chi connectivity index (χ2n) is 4.50. The lowest BCUT2D eigenvalue weighted by Crippen LogP contribution is -2.10. The van der Waals surface area contributed by atoms with E-state index in [2.05, 4.69) is 15.1 Å². The molecule has 5 nitrogen and oxygen atoms in total. The Kier molecular flexibility index (Phi) is 3.28. The van der Waals surface area contributed by atoms with E-state index in [0.29, 0.717) is 18.1 Å². The maximum Gasteiger partial charge on any atom is 0.419 e. The highest BCUT2D eigenvalue weighted by Crippen LogP contribution is 2.28. The summed E-state index contributed by atoms with van der Waals surface area (Å²) >= 11 is 0. The van der Waals surface area contributed by atoms with Crippen molar-refractivity contribution in [2.45, 2.75) is 6.18 Å². The molecule has 0 amide bonds. The van der Waals surface area contributed by atoms with Gasteiger partial charge in [-0.2, -0.15) is 23.0 Å². The maximum absolute atomic E-state index is 12.5. The number of alkyl halides is 3. The van der Waals surface area contributed by atoms with Gasteiger partial charge in [-0.1, -0.05) is 30.3 Å². The van der Waals surface area contributed by atoms with E-state index in [4.69, 9.17) is 5.73 Å². The van der Waals surface area contributed by atoms with Crippen LogP contribution in [0.3, 0.4) is 0 Å². The zero-order chi connectivity index (χ0) is 15.7. The molecular formula is C14H10F3N5. The molecule has 3 rings (SSSR count). The van der Waals surface area contributed by atoms with E-state index in [1.54, 1.807) is 6.07 Å². The van der Waals surface area contributed by atoms with Gasteiger partial charge in [0.05, 0.1) is 11.3 Å². The summed E-state index contributed by atoms with van der Waals surface area (Å²) < 4.78 is 38.7. The van der Waals surface area contributed by atoms with Crippen LogP contribution in [0.15, 0.2) is 48.8 Å². The van der Waals surface area contributed by atoms with Crippen molar-refractivity contribution >= 4 is 5.82 Å². The predicted molar refractivity (Wildman–Crippen MR) is 74.0 cm³/mol. The lowest BCUT2D eigenvalue weighted by molar-refractivity contribution is -0.138. The van der Waals surface area contributed by atoms with E-state index in [1.165, 1.54) is 4.68 Å². The minimum atomic E-state index is -4.48. The van der Waals surface area contributed by atoms with Gasteiger partial charge in [0, 0.05) is 24.0 Å². The maximum atomic E-state index is 12.5. The first kappa shape index (κ1) is 14.1. The fraction of sp³-hybridized carbons (Fsp3) is 0.0714. The van der Waals surface area contributed by atoms with Crippen LogP contribution in [0.5, 0.6) is 0 Å². The highest BCUT2D eigenvalue weighted by molar-refractivity contribution is 5.62. The van der Waals surface area contributed by atoms with Gasteiger partial charge < -0.3 is 5.73 Å². The van der Waals surface area contributed by atoms with Crippen LogP contribution >= 0.6 is 0 Å². The number of anilines is 1. The van der Waals surface area contributed by atoms with Crippen LogP contribution in [0.4, 0.5) is 19.0 Å². The van der Waals surface area contributed by atoms with Gasteiger partial charge in [-0.3, -0.25) is 0 Å². The molecule has 0 saturated heterocycles. The fourth-order valence-corrected chi connectivity index (χ4v) is 1.88. The Labute approximate surface area is 123 Å². The van der Waals surface area contributed by atoms with E-state index in [-0.39, 0.29) is 11.8 Å². The molecule has 0 unspecified atom stereocenters. The van der Waals surface area contributed by atoms with Crippen molar-refractivity contribution in [1.82, 2.24) is 19.7 Å². The number of rotatable bonds is 2. The molecule has 2 aromatic heterocycles. The number of nitrogens with two attached hydrogens (primary N) is 1. The monoisotopic (exact) mass is 305 g/mol. The topological polar surface area (TPSA) is 69.6 Å². The fourth-order valence-electron chi connectivity index (χ4n) is 1.88. The summed E-state index contributed by atoms with van der Waals surface area (Å²) in [6.45, 7) is 0. The van der Waals surface area contributed by atoms with Gasteiger partial charge in [0.25, 0.3) is 5.95 Å². The molecular weight excluding hydrogens is 295 g/mol. The van der Waals surface area contributed by atoms with E-state index in [9.17, 15) is 13.2 Å². The third kappa shape index (κ3) is 2.62. The van der Waals surface area contributed by atoms with E-state index in [0.717, 1.165) is 5.56 Å². The Morgan fingerprint density at radius 3 is 2.23 bits per heavy atom. The number of halogens is 3. The van der Waals surface area contributed by atoms with Crippen molar-refractivity contribution in [2.24, 2.45) is 0 Å². The first-order chi connectivity index (χ1) is 10.4. The highest BCUT2D eigenvalue weighted by Gasteiger charge is 2.31. The number of hydrogen-bond donors (Lipinski definition) is 1. The van der Waals surface area contributed by atoms with Crippen molar-refractivity contribution in [3.05, 3.63) is 54.4 Å². The van der Waals surface area contributed by atoms with Gasteiger partial charge in [0.15, 0.2) is 0 Å². The van der Waals surface area contributed by atoms with Crippen LogP contribution in [-0.4, -0.2) is 19.7 Å². The van der Waals surface area contributed by atoms with Crippen LogP contribution in [0.1, 0.15) is 5.56 Å². The highest BCUT2D eigenvalue weighted by atomic mass is 19.4. The molecule has 3 aromatic rings. The molecule has 0 fully saturated rings. The molecule has 0 radical (unpaired) electrons. The number of nitrogen functional groups attached to an aromatic ring is 1. The predicted octanol–water partition coefficient (Wildman–Crippen LogP) is 2.93. The summed E-state index contributed by atoms with van der Waals surface area (Å²) in [6.07, 6.45) is -3.08. The summed E-state index contributed by atoms with van der Waals surface area (Å²) in [6, 6.07) is 10.9. The molecule has 112 valence electrons. The summed E-state index contributed by atoms with van der Waals surface area (Å²) in [5.41, 5.74) is 6.33. The molecule has 22 heavy (non-hydrogen) atoms. The van der Waals surface area contributed by atoms with Crippen LogP contribution in [0, 0.1) is 0 Å². The van der Waals surface area contributed by atoms with Crippen LogP contribution in [0.2, 0.25) is 0 Å². The smallest absolute Gasteiger partial charge is 0.383 e. The first-order valence-corrected chi connectivity index (χ1v) is 6.26. The van der Waals surface area contributed by atoms with Crippen molar-refractivity contribution in [3.8, 4) is 17.2 Å². The molecule has 0 aliphatic rings. The van der Waals surface area contributed by atoms with Crippen molar-refractivity contribution in [1.29, 1.82) is 0 Å². The van der Waals surface area contributed by atoms with Crippen LogP contribution in [0.25, 0.3) is 17.2 Å². The van der Waals surface area contributed by atoms with Crippen LogP contribution < -0.4 is 5.73 Å². The Morgan fingerprint density at radius 2 is 1.64 bits per heavy atom. The second-order valence-corrected chi connectivity index (χ2v) is 4.50. The second kappa shape index (κ2) is 5.14. The van der Waals surface area contributed by atoms with Crippen molar-refractivity contribution in [2.75, 3.05) is 5.73 Å². The van der Waals surface area contributed by atoms with Gasteiger partial charge in [0.1, 0.15) is 5.82 Å². The lowest BCUT2D eigenvalue weighted by atomic mass is 10.2. The molecule has 0 spiro atoms. The molecule has 0 atom stereocenters. The largest absolute Gasteiger partial charge is 0.419 e. The molecule has 0 aliphatic heterocycles. The van der Waals surface area contributed by atoms with Gasteiger partial charge in [-0.15, -0.1) is 0 Å². The Morgan fingerprint density at radius 1 is 1.00 bits per heavy atom. The minimum Gasteiger partial charge on any atom is -0.383 e. The molecule has 2 heterocycles. The molecule has 2 N–H and O–H groups in total. The third-order valence-corrected chi connectivity index (χ3v) is 2.96. The lowest BCUT2D eigenvalue weighted by Gasteiger charge is -2.06. The normalized spacial score (nSPS) is 11.6. The number of benzene rings is 1. The summed E-state index contributed by atoms with van der Waals surface area (Å²) in [5, 5.41) is 4.23. The minimum absolute atomic E-state index is 0.0207. The average Bonchev–Trinajstić information content (AvgIpc) is 2.89. The molecule has 8 heteroatoms. The summed E-state index contributed by atoms with van der Waals surface area (Å²) in [5.74, 6) is 0.214. The Bertz CT molecular complexity index is 778. The molecule has 0 saturated carbocycles. The first-order valence-electron chi connectivity index (χ1n) is 6.26. The quantitative estimate of drug-likeness (QED) is 0.790. The SMILES string of the molecule is Nc1cc(-c2ccccc2)nn1-c1ncc(C(F)(F)F)cn1. The zero-order valence-corrected chi connectivity index (χ0v) is 11.1. The van der Waals surface area contributed by atoms with Gasteiger partial charge in [0.2, 0.25) is 0 Å². The summed E-state index contributed by atoms with van der Waals surface area (Å²) in [7, 11) is 0. The van der Waals surface area contributed by atoms with Gasteiger partial charge in [-0.25, -0.2) is 9.97 Å². The average molecular weight is 305 g/mol. The third-order valence-electron chi connectivity index (χ3n) is 2.96.